The molecule has 0 saturated carbocycles. The Morgan fingerprint density at radius 1 is 1.43 bits per heavy atom. The Balaban J connectivity index is 2.13. The topological polar surface area (TPSA) is 47.6 Å². The van der Waals surface area contributed by atoms with E-state index < -0.39 is 0 Å². The number of halogens is 1. The van der Waals surface area contributed by atoms with Gasteiger partial charge in [-0.1, -0.05) is 15.9 Å². The quantitative estimate of drug-likeness (QED) is 0.871. The molecule has 1 aromatic carbocycles. The third-order valence-corrected chi connectivity index (χ3v) is 2.60. The average Bonchev–Trinajstić information content (AvgIpc) is 2.67. The van der Waals surface area contributed by atoms with Gasteiger partial charge in [0.15, 0.2) is 0 Å². The predicted octanol–water partition coefficient (Wildman–Crippen LogP) is 1.55. The molecule has 1 atom stereocenters. The van der Waals surface area contributed by atoms with Gasteiger partial charge in [-0.05, 0) is 24.3 Å². The molecule has 0 bridgehead atoms. The second kappa shape index (κ2) is 4.11. The van der Waals surface area contributed by atoms with E-state index in [0.29, 0.717) is 19.0 Å². The highest BCUT2D eigenvalue weighted by Gasteiger charge is 2.18. The summed E-state index contributed by atoms with van der Waals surface area (Å²) in [4.78, 5) is 4.29. The Hall–Kier alpha value is -0.870. The third kappa shape index (κ3) is 1.96. The summed E-state index contributed by atoms with van der Waals surface area (Å²) in [7, 11) is 0. The standard InChI is InChI=1S/C10H11BrN2O/c11-8-3-1-7(2-4-8)10-13-6-9(5-12)14-10/h1-4,9H,5-6,12H2. The van der Waals surface area contributed by atoms with E-state index in [-0.39, 0.29) is 6.10 Å². The normalized spacial score (nSPS) is 20.4. The molecule has 2 N–H and O–H groups in total. The van der Waals surface area contributed by atoms with Crippen LogP contribution in [0.2, 0.25) is 0 Å². The van der Waals surface area contributed by atoms with Crippen LogP contribution in [0.5, 0.6) is 0 Å². The van der Waals surface area contributed by atoms with Crippen LogP contribution in [-0.2, 0) is 4.74 Å². The van der Waals surface area contributed by atoms with Crippen molar-refractivity contribution in [1.29, 1.82) is 0 Å². The largest absolute Gasteiger partial charge is 0.471 e. The molecule has 0 aliphatic carbocycles. The summed E-state index contributed by atoms with van der Waals surface area (Å²) in [6.07, 6.45) is 0.0497. The smallest absolute Gasteiger partial charge is 0.216 e. The van der Waals surface area contributed by atoms with Crippen molar-refractivity contribution in [2.45, 2.75) is 6.10 Å². The van der Waals surface area contributed by atoms with Crippen molar-refractivity contribution in [2.24, 2.45) is 10.7 Å². The fourth-order valence-corrected chi connectivity index (χ4v) is 1.56. The Labute approximate surface area is 91.1 Å². The fourth-order valence-electron chi connectivity index (χ4n) is 1.29. The summed E-state index contributed by atoms with van der Waals surface area (Å²) >= 11 is 3.38. The molecule has 1 aliphatic rings. The SMILES string of the molecule is NCC1CN=C(c2ccc(Br)cc2)O1. The third-order valence-electron chi connectivity index (χ3n) is 2.07. The summed E-state index contributed by atoms with van der Waals surface area (Å²) in [6.45, 7) is 1.19. The van der Waals surface area contributed by atoms with E-state index in [1.807, 2.05) is 24.3 Å². The highest BCUT2D eigenvalue weighted by Crippen LogP contribution is 2.15. The second-order valence-electron chi connectivity index (χ2n) is 3.13. The first-order valence-corrected chi connectivity index (χ1v) is 5.26. The summed E-state index contributed by atoms with van der Waals surface area (Å²) in [5.41, 5.74) is 6.50. The van der Waals surface area contributed by atoms with Crippen LogP contribution in [0.4, 0.5) is 0 Å². The van der Waals surface area contributed by atoms with Crippen LogP contribution in [0.15, 0.2) is 33.7 Å². The molecular weight excluding hydrogens is 244 g/mol. The van der Waals surface area contributed by atoms with Gasteiger partial charge in [0.25, 0.3) is 0 Å². The number of hydrogen-bond acceptors (Lipinski definition) is 3. The lowest BCUT2D eigenvalue weighted by molar-refractivity contribution is 0.233. The first-order chi connectivity index (χ1) is 6.79. The average molecular weight is 255 g/mol. The van der Waals surface area contributed by atoms with E-state index in [0.717, 1.165) is 10.0 Å². The maximum atomic E-state index is 5.55. The zero-order valence-corrected chi connectivity index (χ0v) is 9.20. The Morgan fingerprint density at radius 2 is 2.14 bits per heavy atom. The first-order valence-electron chi connectivity index (χ1n) is 4.46. The molecule has 0 spiro atoms. The molecule has 0 saturated heterocycles. The molecule has 4 heteroatoms. The minimum atomic E-state index is 0.0497. The molecule has 2 rings (SSSR count). The molecule has 1 unspecified atom stereocenters. The number of ether oxygens (including phenoxy) is 1. The Kier molecular flexibility index (Phi) is 2.84. The lowest BCUT2D eigenvalue weighted by Gasteiger charge is -2.07. The minimum Gasteiger partial charge on any atom is -0.471 e. The van der Waals surface area contributed by atoms with Crippen molar-refractivity contribution >= 4 is 21.8 Å². The maximum absolute atomic E-state index is 5.55. The molecule has 0 radical (unpaired) electrons. The molecule has 3 nitrogen and oxygen atoms in total. The van der Waals surface area contributed by atoms with Crippen LogP contribution < -0.4 is 5.73 Å². The van der Waals surface area contributed by atoms with Gasteiger partial charge < -0.3 is 10.5 Å². The molecule has 74 valence electrons. The first kappa shape index (κ1) is 9.68. The van der Waals surface area contributed by atoms with Gasteiger partial charge in [0.1, 0.15) is 6.10 Å². The monoisotopic (exact) mass is 254 g/mol. The van der Waals surface area contributed by atoms with Crippen LogP contribution in [0.1, 0.15) is 5.56 Å². The van der Waals surface area contributed by atoms with Gasteiger partial charge in [0, 0.05) is 16.6 Å². The molecule has 0 fully saturated rings. The van der Waals surface area contributed by atoms with Crippen LogP contribution in [0.25, 0.3) is 0 Å². The van der Waals surface area contributed by atoms with Gasteiger partial charge in [-0.2, -0.15) is 0 Å². The Bertz CT molecular complexity index is 348. The van der Waals surface area contributed by atoms with Gasteiger partial charge in [-0.25, -0.2) is 4.99 Å². The van der Waals surface area contributed by atoms with Gasteiger partial charge in [-0.15, -0.1) is 0 Å². The Morgan fingerprint density at radius 3 is 2.71 bits per heavy atom. The van der Waals surface area contributed by atoms with Crippen molar-refractivity contribution < 1.29 is 4.74 Å². The van der Waals surface area contributed by atoms with Crippen LogP contribution >= 0.6 is 15.9 Å². The van der Waals surface area contributed by atoms with Gasteiger partial charge in [-0.3, -0.25) is 0 Å². The number of nitrogens with two attached hydrogens (primary N) is 1. The number of nitrogens with zero attached hydrogens (tertiary/aromatic N) is 1. The number of hydrogen-bond donors (Lipinski definition) is 1. The molecule has 1 aromatic rings. The van der Waals surface area contributed by atoms with Crippen LogP contribution in [-0.4, -0.2) is 25.1 Å². The highest BCUT2D eigenvalue weighted by molar-refractivity contribution is 9.10. The number of aliphatic imine (C=N–C) groups is 1. The number of benzene rings is 1. The van der Waals surface area contributed by atoms with E-state index >= 15 is 0 Å². The van der Waals surface area contributed by atoms with Crippen molar-refractivity contribution in [1.82, 2.24) is 0 Å². The second-order valence-corrected chi connectivity index (χ2v) is 4.04. The zero-order chi connectivity index (χ0) is 9.97. The summed E-state index contributed by atoms with van der Waals surface area (Å²) in [5.74, 6) is 0.702. The fraction of sp³-hybridized carbons (Fsp3) is 0.300. The van der Waals surface area contributed by atoms with Crippen LogP contribution in [0.3, 0.4) is 0 Å². The van der Waals surface area contributed by atoms with Crippen molar-refractivity contribution in [3.63, 3.8) is 0 Å². The van der Waals surface area contributed by atoms with E-state index in [9.17, 15) is 0 Å². The molecule has 1 heterocycles. The summed E-state index contributed by atoms with van der Waals surface area (Å²) in [6, 6.07) is 7.89. The predicted molar refractivity (Wildman–Crippen MR) is 59.5 cm³/mol. The van der Waals surface area contributed by atoms with E-state index in [1.165, 1.54) is 0 Å². The van der Waals surface area contributed by atoms with E-state index in [1.54, 1.807) is 0 Å². The molecule has 0 amide bonds. The lowest BCUT2D eigenvalue weighted by Crippen LogP contribution is -2.23. The summed E-state index contributed by atoms with van der Waals surface area (Å²) in [5, 5.41) is 0. The molecular formula is C10H11BrN2O. The van der Waals surface area contributed by atoms with Crippen LogP contribution in [0, 0.1) is 0 Å². The maximum Gasteiger partial charge on any atom is 0.216 e. The molecule has 0 aromatic heterocycles. The number of rotatable bonds is 2. The highest BCUT2D eigenvalue weighted by atomic mass is 79.9. The van der Waals surface area contributed by atoms with Gasteiger partial charge in [0.05, 0.1) is 6.54 Å². The van der Waals surface area contributed by atoms with Gasteiger partial charge in [0.2, 0.25) is 5.90 Å². The summed E-state index contributed by atoms with van der Waals surface area (Å²) < 4.78 is 6.60. The van der Waals surface area contributed by atoms with Crippen molar-refractivity contribution in [2.75, 3.05) is 13.1 Å². The molecule has 14 heavy (non-hydrogen) atoms. The zero-order valence-electron chi connectivity index (χ0n) is 7.61. The van der Waals surface area contributed by atoms with Gasteiger partial charge >= 0.3 is 0 Å². The van der Waals surface area contributed by atoms with E-state index in [2.05, 4.69) is 20.9 Å². The van der Waals surface area contributed by atoms with E-state index in [4.69, 9.17) is 10.5 Å². The van der Waals surface area contributed by atoms with Crippen molar-refractivity contribution in [3.05, 3.63) is 34.3 Å². The van der Waals surface area contributed by atoms with Crippen molar-refractivity contribution in [3.8, 4) is 0 Å². The molecule has 1 aliphatic heterocycles. The minimum absolute atomic E-state index is 0.0497. The lowest BCUT2D eigenvalue weighted by atomic mass is 10.2.